The monoisotopic (exact) mass is 271 g/mol. The minimum absolute atomic E-state index is 0.0790. The van der Waals surface area contributed by atoms with Crippen LogP contribution in [0.25, 0.3) is 0 Å². The van der Waals surface area contributed by atoms with E-state index in [-0.39, 0.29) is 11.5 Å². The standard InChI is InChI=1S/C10H14BrN3O/c1-10(2)5-14(4-8(10)15)9-7(11)3-12-6-13-9/h3,6,8,15H,4-5H2,1-2H3. The van der Waals surface area contributed by atoms with Crippen LogP contribution in [0.15, 0.2) is 17.0 Å². The molecule has 2 rings (SSSR count). The van der Waals surface area contributed by atoms with E-state index in [1.165, 1.54) is 6.33 Å². The van der Waals surface area contributed by atoms with E-state index >= 15 is 0 Å². The molecule has 1 atom stereocenters. The summed E-state index contributed by atoms with van der Waals surface area (Å²) in [5.74, 6) is 0.856. The third-order valence-electron chi connectivity index (χ3n) is 2.84. The molecule has 1 fully saturated rings. The Morgan fingerprint density at radius 2 is 2.33 bits per heavy atom. The van der Waals surface area contributed by atoms with Crippen molar-refractivity contribution in [3.63, 3.8) is 0 Å². The number of hydrogen-bond donors (Lipinski definition) is 1. The third kappa shape index (κ3) is 1.99. The van der Waals surface area contributed by atoms with Gasteiger partial charge in [0.1, 0.15) is 12.1 Å². The summed E-state index contributed by atoms with van der Waals surface area (Å²) in [6.07, 6.45) is 2.94. The lowest BCUT2D eigenvalue weighted by atomic mass is 9.90. The Hall–Kier alpha value is -0.680. The molecule has 1 saturated heterocycles. The Morgan fingerprint density at radius 3 is 2.87 bits per heavy atom. The molecule has 82 valence electrons. The van der Waals surface area contributed by atoms with Crippen LogP contribution in [0.5, 0.6) is 0 Å². The zero-order valence-electron chi connectivity index (χ0n) is 8.81. The highest BCUT2D eigenvalue weighted by molar-refractivity contribution is 9.10. The van der Waals surface area contributed by atoms with Crippen LogP contribution >= 0.6 is 15.9 Å². The number of aliphatic hydroxyl groups is 1. The molecule has 1 aromatic rings. The van der Waals surface area contributed by atoms with Gasteiger partial charge in [-0.25, -0.2) is 9.97 Å². The van der Waals surface area contributed by atoms with Crippen molar-refractivity contribution in [3.8, 4) is 0 Å². The molecule has 0 radical (unpaired) electrons. The van der Waals surface area contributed by atoms with Crippen molar-refractivity contribution in [1.29, 1.82) is 0 Å². The molecule has 0 amide bonds. The lowest BCUT2D eigenvalue weighted by Crippen LogP contribution is -2.26. The van der Waals surface area contributed by atoms with E-state index in [1.807, 2.05) is 0 Å². The molecule has 1 N–H and O–H groups in total. The van der Waals surface area contributed by atoms with Crippen molar-refractivity contribution in [1.82, 2.24) is 9.97 Å². The van der Waals surface area contributed by atoms with Crippen LogP contribution in [0.3, 0.4) is 0 Å². The molecule has 0 spiro atoms. The summed E-state index contributed by atoms with van der Waals surface area (Å²) in [5, 5.41) is 9.88. The molecule has 0 aliphatic carbocycles. The molecule has 1 aromatic heterocycles. The highest BCUT2D eigenvalue weighted by atomic mass is 79.9. The van der Waals surface area contributed by atoms with Gasteiger partial charge in [0, 0.05) is 24.7 Å². The Labute approximate surface area is 97.5 Å². The maximum Gasteiger partial charge on any atom is 0.146 e. The van der Waals surface area contributed by atoms with Gasteiger partial charge in [0.2, 0.25) is 0 Å². The van der Waals surface area contributed by atoms with Crippen molar-refractivity contribution < 1.29 is 5.11 Å². The molecule has 15 heavy (non-hydrogen) atoms. The fourth-order valence-electron chi connectivity index (χ4n) is 1.82. The van der Waals surface area contributed by atoms with E-state index in [0.717, 1.165) is 16.8 Å². The number of halogens is 1. The van der Waals surface area contributed by atoms with Gasteiger partial charge in [-0.15, -0.1) is 0 Å². The van der Waals surface area contributed by atoms with Gasteiger partial charge in [-0.1, -0.05) is 13.8 Å². The molecule has 0 saturated carbocycles. The minimum Gasteiger partial charge on any atom is -0.391 e. The lowest BCUT2D eigenvalue weighted by Gasteiger charge is -2.21. The molecule has 1 unspecified atom stereocenters. The van der Waals surface area contributed by atoms with Crippen molar-refractivity contribution in [2.45, 2.75) is 20.0 Å². The quantitative estimate of drug-likeness (QED) is 0.840. The highest BCUT2D eigenvalue weighted by Crippen LogP contribution is 2.34. The first kappa shape index (κ1) is 10.8. The van der Waals surface area contributed by atoms with Crippen molar-refractivity contribution in [2.24, 2.45) is 5.41 Å². The van der Waals surface area contributed by atoms with E-state index in [4.69, 9.17) is 0 Å². The summed E-state index contributed by atoms with van der Waals surface area (Å²) in [4.78, 5) is 10.2. The van der Waals surface area contributed by atoms with Gasteiger partial charge in [0.25, 0.3) is 0 Å². The molecular weight excluding hydrogens is 258 g/mol. The first-order valence-electron chi connectivity index (χ1n) is 4.89. The molecular formula is C10H14BrN3O. The van der Waals surface area contributed by atoms with Crippen LogP contribution in [0.2, 0.25) is 0 Å². The zero-order valence-corrected chi connectivity index (χ0v) is 10.4. The Balaban J connectivity index is 2.25. The largest absolute Gasteiger partial charge is 0.391 e. The van der Waals surface area contributed by atoms with E-state index in [9.17, 15) is 5.11 Å². The number of hydrogen-bond acceptors (Lipinski definition) is 4. The number of β-amino-alcohol motifs (C(OH)–C–C–N with tert-alkyl or cyclic N) is 1. The zero-order chi connectivity index (χ0) is 11.1. The third-order valence-corrected chi connectivity index (χ3v) is 3.40. The van der Waals surface area contributed by atoms with Crippen molar-refractivity contribution >= 4 is 21.7 Å². The molecule has 2 heterocycles. The average Bonchev–Trinajstić information content (AvgIpc) is 2.42. The Kier molecular flexibility index (Phi) is 2.68. The molecule has 0 aromatic carbocycles. The van der Waals surface area contributed by atoms with E-state index in [1.54, 1.807) is 6.20 Å². The van der Waals surface area contributed by atoms with Gasteiger partial charge in [-0.3, -0.25) is 0 Å². The van der Waals surface area contributed by atoms with Gasteiger partial charge >= 0.3 is 0 Å². The Bertz CT molecular complexity index is 369. The first-order valence-corrected chi connectivity index (χ1v) is 5.68. The topological polar surface area (TPSA) is 49.2 Å². The van der Waals surface area contributed by atoms with E-state index in [2.05, 4.69) is 44.6 Å². The van der Waals surface area contributed by atoms with Crippen LogP contribution in [0.1, 0.15) is 13.8 Å². The molecule has 1 aliphatic heterocycles. The number of rotatable bonds is 1. The summed E-state index contributed by atoms with van der Waals surface area (Å²) in [7, 11) is 0. The second kappa shape index (κ2) is 3.72. The minimum atomic E-state index is -0.306. The van der Waals surface area contributed by atoms with Gasteiger partial charge < -0.3 is 10.0 Å². The number of nitrogens with zero attached hydrogens (tertiary/aromatic N) is 3. The maximum atomic E-state index is 9.88. The summed E-state index contributed by atoms with van der Waals surface area (Å²) >= 11 is 3.42. The number of anilines is 1. The summed E-state index contributed by atoms with van der Waals surface area (Å²) in [5.41, 5.74) is -0.0790. The Morgan fingerprint density at radius 1 is 1.60 bits per heavy atom. The normalized spacial score (nSPS) is 24.5. The fraction of sp³-hybridized carbons (Fsp3) is 0.600. The van der Waals surface area contributed by atoms with Crippen LogP contribution in [-0.2, 0) is 0 Å². The number of aromatic nitrogens is 2. The fourth-order valence-corrected chi connectivity index (χ4v) is 2.29. The van der Waals surface area contributed by atoms with Crippen LogP contribution in [0, 0.1) is 5.41 Å². The van der Waals surface area contributed by atoms with Crippen LogP contribution in [0.4, 0.5) is 5.82 Å². The van der Waals surface area contributed by atoms with E-state index < -0.39 is 0 Å². The smallest absolute Gasteiger partial charge is 0.146 e. The van der Waals surface area contributed by atoms with Gasteiger partial charge in [0.15, 0.2) is 0 Å². The average molecular weight is 272 g/mol. The van der Waals surface area contributed by atoms with Crippen LogP contribution in [-0.4, -0.2) is 34.3 Å². The highest BCUT2D eigenvalue weighted by Gasteiger charge is 2.39. The van der Waals surface area contributed by atoms with Crippen molar-refractivity contribution in [2.75, 3.05) is 18.0 Å². The second-order valence-corrected chi connectivity index (χ2v) is 5.43. The number of aliphatic hydroxyl groups excluding tert-OH is 1. The molecule has 4 nitrogen and oxygen atoms in total. The summed E-state index contributed by atoms with van der Waals surface area (Å²) in [6.45, 7) is 5.56. The maximum absolute atomic E-state index is 9.88. The van der Waals surface area contributed by atoms with Gasteiger partial charge in [-0.2, -0.15) is 0 Å². The van der Waals surface area contributed by atoms with Crippen molar-refractivity contribution in [3.05, 3.63) is 17.0 Å². The first-order chi connectivity index (χ1) is 7.00. The van der Waals surface area contributed by atoms with Gasteiger partial charge in [-0.05, 0) is 15.9 Å². The summed E-state index contributed by atoms with van der Waals surface area (Å²) < 4.78 is 0.870. The molecule has 1 aliphatic rings. The predicted molar refractivity (Wildman–Crippen MR) is 61.7 cm³/mol. The molecule has 0 bridgehead atoms. The van der Waals surface area contributed by atoms with Gasteiger partial charge in [0.05, 0.1) is 10.6 Å². The SMILES string of the molecule is CC1(C)CN(c2ncncc2Br)CC1O. The second-order valence-electron chi connectivity index (χ2n) is 4.58. The summed E-state index contributed by atoms with van der Waals surface area (Å²) in [6, 6.07) is 0. The van der Waals surface area contributed by atoms with E-state index in [0.29, 0.717) is 6.54 Å². The van der Waals surface area contributed by atoms with Crippen LogP contribution < -0.4 is 4.90 Å². The molecule has 5 heteroatoms. The predicted octanol–water partition coefficient (Wildman–Crippen LogP) is 1.45. The lowest BCUT2D eigenvalue weighted by molar-refractivity contribution is 0.0964.